The van der Waals surface area contributed by atoms with Crippen LogP contribution >= 0.6 is 15.9 Å². The van der Waals surface area contributed by atoms with Crippen LogP contribution in [0.3, 0.4) is 0 Å². The Kier molecular flexibility index (Phi) is 4.41. The summed E-state index contributed by atoms with van der Waals surface area (Å²) in [4.78, 5) is 11.3. The summed E-state index contributed by atoms with van der Waals surface area (Å²) in [5.41, 5.74) is 0. The van der Waals surface area contributed by atoms with Crippen LogP contribution in [-0.2, 0) is 0 Å². The molecule has 1 atom stereocenters. The van der Waals surface area contributed by atoms with Gasteiger partial charge in [-0.2, -0.15) is 0 Å². The lowest BCUT2D eigenvalue weighted by atomic mass is 10.2. The Hall–Kier alpha value is -0.880. The van der Waals surface area contributed by atoms with Crippen LogP contribution in [0.2, 0.25) is 0 Å². The normalized spacial score (nSPS) is 23.0. The smallest absolute Gasteiger partial charge is 0.146 e. The second kappa shape index (κ2) is 6.26. The van der Waals surface area contributed by atoms with Crippen LogP contribution < -0.4 is 10.6 Å². The first-order valence-corrected chi connectivity index (χ1v) is 8.32. The minimum atomic E-state index is 0.501. The van der Waals surface area contributed by atoms with Gasteiger partial charge in [0.2, 0.25) is 0 Å². The summed E-state index contributed by atoms with van der Waals surface area (Å²) in [6.07, 6.45) is 6.67. The van der Waals surface area contributed by atoms with E-state index in [4.69, 9.17) is 0 Å². The maximum absolute atomic E-state index is 4.37. The molecular formula is C14H22BrN5. The predicted octanol–water partition coefficient (Wildman–Crippen LogP) is 2.71. The lowest BCUT2D eigenvalue weighted by Gasteiger charge is -2.17. The van der Waals surface area contributed by atoms with Crippen molar-refractivity contribution in [2.24, 2.45) is 0 Å². The summed E-state index contributed by atoms with van der Waals surface area (Å²) in [5, 5.41) is 6.88. The van der Waals surface area contributed by atoms with Crippen molar-refractivity contribution in [3.05, 3.63) is 10.8 Å². The molecular weight excluding hydrogens is 318 g/mol. The van der Waals surface area contributed by atoms with Gasteiger partial charge in [-0.25, -0.2) is 9.97 Å². The maximum atomic E-state index is 4.37. The monoisotopic (exact) mass is 339 g/mol. The van der Waals surface area contributed by atoms with E-state index < -0.39 is 0 Å². The number of nitrogens with one attached hydrogen (secondary N) is 2. The van der Waals surface area contributed by atoms with Gasteiger partial charge >= 0.3 is 0 Å². The van der Waals surface area contributed by atoms with Gasteiger partial charge in [-0.15, -0.1) is 0 Å². The van der Waals surface area contributed by atoms with Crippen molar-refractivity contribution in [1.82, 2.24) is 14.9 Å². The Morgan fingerprint density at radius 3 is 2.85 bits per heavy atom. The van der Waals surface area contributed by atoms with Crippen LogP contribution in [0.4, 0.5) is 11.6 Å². The molecule has 0 amide bonds. The summed E-state index contributed by atoms with van der Waals surface area (Å²) in [6, 6.07) is 1.36. The molecule has 1 unspecified atom stereocenters. The fraction of sp³-hybridized carbons (Fsp3) is 0.714. The molecule has 1 aromatic heterocycles. The lowest BCUT2D eigenvalue weighted by molar-refractivity contribution is 0.326. The largest absolute Gasteiger partial charge is 0.369 e. The minimum Gasteiger partial charge on any atom is -0.369 e. The van der Waals surface area contributed by atoms with E-state index in [1.54, 1.807) is 6.33 Å². The van der Waals surface area contributed by atoms with Crippen LogP contribution in [0.5, 0.6) is 0 Å². The number of likely N-dealkylation sites (tertiary alicyclic amines) is 1. The average Bonchev–Trinajstić information content (AvgIpc) is 3.20. The number of anilines is 2. The molecule has 20 heavy (non-hydrogen) atoms. The van der Waals surface area contributed by atoms with Gasteiger partial charge in [-0.05, 0) is 41.6 Å². The van der Waals surface area contributed by atoms with Gasteiger partial charge in [0, 0.05) is 31.7 Å². The Labute approximate surface area is 128 Å². The van der Waals surface area contributed by atoms with Crippen molar-refractivity contribution in [3.63, 3.8) is 0 Å². The zero-order chi connectivity index (χ0) is 13.9. The third-order valence-corrected chi connectivity index (χ3v) is 4.71. The quantitative estimate of drug-likeness (QED) is 0.834. The van der Waals surface area contributed by atoms with E-state index in [1.807, 2.05) is 0 Å². The van der Waals surface area contributed by atoms with Crippen molar-refractivity contribution in [2.75, 3.05) is 30.3 Å². The summed E-state index contributed by atoms with van der Waals surface area (Å²) in [7, 11) is 0. The van der Waals surface area contributed by atoms with Crippen molar-refractivity contribution in [3.8, 4) is 0 Å². The fourth-order valence-corrected chi connectivity index (χ4v) is 3.17. The molecule has 1 aliphatic heterocycles. The maximum Gasteiger partial charge on any atom is 0.146 e. The first-order valence-electron chi connectivity index (χ1n) is 7.53. The van der Waals surface area contributed by atoms with Crippen molar-refractivity contribution < 1.29 is 0 Å². The van der Waals surface area contributed by atoms with E-state index in [9.17, 15) is 0 Å². The SMILES string of the molecule is CCCNc1ncnc(NC2CCN(C3CC3)C2)c1Br. The second-order valence-electron chi connectivity index (χ2n) is 5.67. The van der Waals surface area contributed by atoms with E-state index in [2.05, 4.69) is 48.4 Å². The molecule has 0 aromatic carbocycles. The molecule has 0 radical (unpaired) electrons. The minimum absolute atomic E-state index is 0.501. The van der Waals surface area contributed by atoms with Gasteiger partial charge in [-0.3, -0.25) is 4.90 Å². The average molecular weight is 340 g/mol. The second-order valence-corrected chi connectivity index (χ2v) is 6.46. The van der Waals surface area contributed by atoms with Crippen LogP contribution in [0.25, 0.3) is 0 Å². The molecule has 110 valence electrons. The molecule has 2 heterocycles. The van der Waals surface area contributed by atoms with Crippen LogP contribution in [0, 0.1) is 0 Å². The molecule has 3 rings (SSSR count). The molecule has 2 aliphatic rings. The first kappa shape index (κ1) is 14.1. The Balaban J connectivity index is 1.62. The van der Waals surface area contributed by atoms with Crippen LogP contribution in [0.1, 0.15) is 32.6 Å². The van der Waals surface area contributed by atoms with Crippen molar-refractivity contribution in [2.45, 2.75) is 44.7 Å². The molecule has 1 saturated heterocycles. The zero-order valence-corrected chi connectivity index (χ0v) is 13.5. The summed E-state index contributed by atoms with van der Waals surface area (Å²) < 4.78 is 0.943. The molecule has 0 bridgehead atoms. The molecule has 1 aromatic rings. The molecule has 2 fully saturated rings. The van der Waals surface area contributed by atoms with Gasteiger partial charge < -0.3 is 10.6 Å². The van der Waals surface area contributed by atoms with Gasteiger partial charge in [0.15, 0.2) is 0 Å². The number of rotatable bonds is 6. The van der Waals surface area contributed by atoms with Crippen molar-refractivity contribution in [1.29, 1.82) is 0 Å². The Bertz CT molecular complexity index is 463. The fourth-order valence-electron chi connectivity index (χ4n) is 2.71. The highest BCUT2D eigenvalue weighted by Crippen LogP contribution is 2.32. The molecule has 5 nitrogen and oxygen atoms in total. The number of hydrogen-bond donors (Lipinski definition) is 2. The van der Waals surface area contributed by atoms with E-state index in [0.29, 0.717) is 6.04 Å². The Morgan fingerprint density at radius 2 is 2.10 bits per heavy atom. The third kappa shape index (κ3) is 3.23. The van der Waals surface area contributed by atoms with Crippen LogP contribution in [0.15, 0.2) is 10.8 Å². The summed E-state index contributed by atoms with van der Waals surface area (Å²) >= 11 is 3.61. The topological polar surface area (TPSA) is 53.1 Å². The Morgan fingerprint density at radius 1 is 1.30 bits per heavy atom. The highest BCUT2D eigenvalue weighted by atomic mass is 79.9. The molecule has 0 spiro atoms. The summed E-state index contributed by atoms with van der Waals surface area (Å²) in [6.45, 7) is 5.42. The zero-order valence-electron chi connectivity index (χ0n) is 11.9. The van der Waals surface area contributed by atoms with Gasteiger partial charge in [-0.1, -0.05) is 6.92 Å². The highest BCUT2D eigenvalue weighted by Gasteiger charge is 2.34. The van der Waals surface area contributed by atoms with E-state index in [0.717, 1.165) is 41.7 Å². The van der Waals surface area contributed by atoms with Crippen molar-refractivity contribution >= 4 is 27.6 Å². The molecule has 1 aliphatic carbocycles. The first-order chi connectivity index (χ1) is 9.78. The lowest BCUT2D eigenvalue weighted by Crippen LogP contribution is -2.28. The van der Waals surface area contributed by atoms with E-state index >= 15 is 0 Å². The number of halogens is 1. The molecule has 1 saturated carbocycles. The van der Waals surface area contributed by atoms with Crippen LogP contribution in [-0.4, -0.2) is 46.6 Å². The van der Waals surface area contributed by atoms with Gasteiger partial charge in [0.05, 0.1) is 0 Å². The standard InChI is InChI=1S/C14H22BrN5/c1-2-6-16-13-12(15)14(18-9-17-13)19-10-5-7-20(8-10)11-3-4-11/h9-11H,2-8H2,1H3,(H2,16,17,18,19). The van der Waals surface area contributed by atoms with E-state index in [-0.39, 0.29) is 0 Å². The highest BCUT2D eigenvalue weighted by molar-refractivity contribution is 9.10. The third-order valence-electron chi connectivity index (χ3n) is 3.96. The van der Waals surface area contributed by atoms with E-state index in [1.165, 1.54) is 25.8 Å². The number of hydrogen-bond acceptors (Lipinski definition) is 5. The predicted molar refractivity (Wildman–Crippen MR) is 85.1 cm³/mol. The summed E-state index contributed by atoms with van der Waals surface area (Å²) in [5.74, 6) is 1.78. The molecule has 2 N–H and O–H groups in total. The molecule has 6 heteroatoms. The van der Waals surface area contributed by atoms with Gasteiger partial charge in [0.1, 0.15) is 22.4 Å². The number of aromatic nitrogens is 2. The number of nitrogens with zero attached hydrogens (tertiary/aromatic N) is 3. The van der Waals surface area contributed by atoms with Gasteiger partial charge in [0.25, 0.3) is 0 Å².